The highest BCUT2D eigenvalue weighted by Gasteiger charge is 2.29. The van der Waals surface area contributed by atoms with E-state index in [4.69, 9.17) is 4.74 Å². The lowest BCUT2D eigenvalue weighted by Crippen LogP contribution is -2.23. The molecule has 5 rings (SSSR count). The molecule has 0 spiro atoms. The predicted molar refractivity (Wildman–Crippen MR) is 177 cm³/mol. The number of rotatable bonds is 13. The molecule has 0 bridgehead atoms. The number of unbranched alkanes of at least 4 members (excludes halogenated alkanes) is 3. The van der Waals surface area contributed by atoms with Gasteiger partial charge in [-0.3, -0.25) is 0 Å². The fourth-order valence-electron chi connectivity index (χ4n) is 7.23. The van der Waals surface area contributed by atoms with Crippen molar-refractivity contribution in [1.29, 1.82) is 0 Å². The molecule has 1 unspecified atom stereocenters. The van der Waals surface area contributed by atoms with Gasteiger partial charge in [0.15, 0.2) is 11.6 Å². The molecule has 0 amide bonds. The Morgan fingerprint density at radius 1 is 0.773 bits per heavy atom. The third-order valence-corrected chi connectivity index (χ3v) is 9.93. The third-order valence-electron chi connectivity index (χ3n) is 9.93. The second kappa shape index (κ2) is 15.6. The number of benzene rings is 3. The Hall–Kier alpha value is -3.27. The first-order valence-electron chi connectivity index (χ1n) is 16.8. The van der Waals surface area contributed by atoms with Crippen molar-refractivity contribution in [2.45, 2.75) is 90.4 Å². The van der Waals surface area contributed by atoms with Crippen LogP contribution >= 0.6 is 0 Å². The molecule has 0 radical (unpaired) electrons. The second-order valence-corrected chi connectivity index (χ2v) is 12.8. The van der Waals surface area contributed by atoms with Crippen molar-refractivity contribution in [3.8, 4) is 28.0 Å². The molecule has 0 heterocycles. The smallest absolute Gasteiger partial charge is 0.201 e. The van der Waals surface area contributed by atoms with Gasteiger partial charge in [-0.05, 0) is 103 Å². The summed E-state index contributed by atoms with van der Waals surface area (Å²) in [6.07, 6.45) is 19.6. The zero-order valence-corrected chi connectivity index (χ0v) is 26.2. The highest BCUT2D eigenvalue weighted by molar-refractivity contribution is 5.74. The molecular formula is C40H47F3O. The highest BCUT2D eigenvalue weighted by Crippen LogP contribution is 2.43. The lowest BCUT2D eigenvalue weighted by molar-refractivity contribution is 0.187. The van der Waals surface area contributed by atoms with E-state index in [2.05, 4.69) is 19.6 Å². The molecule has 1 saturated carbocycles. The van der Waals surface area contributed by atoms with Gasteiger partial charge in [-0.25, -0.2) is 8.78 Å². The average Bonchev–Trinajstić information content (AvgIpc) is 3.06. The first-order chi connectivity index (χ1) is 21.5. The van der Waals surface area contributed by atoms with E-state index < -0.39 is 11.6 Å². The minimum atomic E-state index is -0.989. The van der Waals surface area contributed by atoms with E-state index in [0.29, 0.717) is 24.2 Å². The zero-order valence-electron chi connectivity index (χ0n) is 26.2. The van der Waals surface area contributed by atoms with Crippen molar-refractivity contribution in [2.24, 2.45) is 17.8 Å². The Morgan fingerprint density at radius 3 is 2.18 bits per heavy atom. The van der Waals surface area contributed by atoms with Crippen LogP contribution in [-0.2, 0) is 0 Å². The van der Waals surface area contributed by atoms with Gasteiger partial charge < -0.3 is 4.74 Å². The molecule has 4 heteroatoms. The Labute approximate surface area is 262 Å². The maximum absolute atomic E-state index is 15.4. The van der Waals surface area contributed by atoms with E-state index >= 15 is 4.39 Å². The van der Waals surface area contributed by atoms with Gasteiger partial charge in [0.2, 0.25) is 5.82 Å². The quantitative estimate of drug-likeness (QED) is 0.140. The molecule has 3 aromatic rings. The lowest BCUT2D eigenvalue weighted by atomic mass is 9.70. The number of halogens is 3. The summed E-state index contributed by atoms with van der Waals surface area (Å²) in [5.74, 6) is 0.273. The van der Waals surface area contributed by atoms with Crippen LogP contribution in [0.1, 0.15) is 96.0 Å². The van der Waals surface area contributed by atoms with E-state index in [1.807, 2.05) is 24.3 Å². The largest absolute Gasteiger partial charge is 0.490 e. The molecule has 0 aromatic heterocycles. The topological polar surface area (TPSA) is 9.23 Å². The van der Waals surface area contributed by atoms with Crippen molar-refractivity contribution in [2.75, 3.05) is 6.61 Å². The number of hydrogen-bond acceptors (Lipinski definition) is 1. The fraction of sp³-hybridized carbons (Fsp3) is 0.450. The summed E-state index contributed by atoms with van der Waals surface area (Å²) in [6.45, 7) is 6.22. The van der Waals surface area contributed by atoms with Crippen LogP contribution in [0.5, 0.6) is 5.75 Å². The maximum Gasteiger partial charge on any atom is 0.201 e. The molecular weight excluding hydrogens is 553 g/mol. The van der Waals surface area contributed by atoms with Crippen LogP contribution < -0.4 is 4.74 Å². The molecule has 1 fully saturated rings. The Balaban J connectivity index is 1.19. The molecule has 1 atom stereocenters. The van der Waals surface area contributed by atoms with Gasteiger partial charge >= 0.3 is 0 Å². The van der Waals surface area contributed by atoms with Crippen molar-refractivity contribution < 1.29 is 17.9 Å². The van der Waals surface area contributed by atoms with Gasteiger partial charge in [0.25, 0.3) is 0 Å². The Kier molecular flexibility index (Phi) is 11.4. The summed E-state index contributed by atoms with van der Waals surface area (Å²) in [4.78, 5) is 0. The fourth-order valence-corrected chi connectivity index (χ4v) is 7.23. The molecule has 3 aromatic carbocycles. The van der Waals surface area contributed by atoms with Gasteiger partial charge in [0, 0.05) is 11.1 Å². The van der Waals surface area contributed by atoms with Crippen LogP contribution in [0.2, 0.25) is 0 Å². The monoisotopic (exact) mass is 600 g/mol. The first kappa shape index (κ1) is 32.1. The predicted octanol–water partition coefficient (Wildman–Crippen LogP) is 12.4. The van der Waals surface area contributed by atoms with Gasteiger partial charge in [-0.2, -0.15) is 4.39 Å². The van der Waals surface area contributed by atoms with Crippen LogP contribution in [0.3, 0.4) is 0 Å². The molecule has 234 valence electrons. The molecule has 2 aliphatic carbocycles. The van der Waals surface area contributed by atoms with Crippen molar-refractivity contribution >= 4 is 5.57 Å². The maximum atomic E-state index is 15.4. The van der Waals surface area contributed by atoms with Crippen molar-refractivity contribution in [3.63, 3.8) is 0 Å². The van der Waals surface area contributed by atoms with Gasteiger partial charge in [0.1, 0.15) is 5.82 Å². The van der Waals surface area contributed by atoms with Crippen molar-refractivity contribution in [1.82, 2.24) is 0 Å². The van der Waals surface area contributed by atoms with Gasteiger partial charge in [0.05, 0.1) is 6.61 Å². The SMILES string of the molecule is C=CCCCOc1ccc(-c2ccc(-c3ccc(C4=CCC(C5CCC(CCCCC)CC5)CC4)c(F)c3)cc2)c(F)c1F. The first-order valence-corrected chi connectivity index (χ1v) is 16.8. The summed E-state index contributed by atoms with van der Waals surface area (Å²) in [5.41, 5.74) is 4.12. The third kappa shape index (κ3) is 7.86. The summed E-state index contributed by atoms with van der Waals surface area (Å²) < 4.78 is 50.3. The molecule has 2 aliphatic rings. The van der Waals surface area contributed by atoms with Crippen LogP contribution in [0.25, 0.3) is 27.8 Å². The second-order valence-electron chi connectivity index (χ2n) is 12.8. The molecule has 44 heavy (non-hydrogen) atoms. The zero-order chi connectivity index (χ0) is 30.9. The number of ether oxygens (including phenoxy) is 1. The van der Waals surface area contributed by atoms with E-state index in [1.165, 1.54) is 63.5 Å². The number of allylic oxidation sites excluding steroid dienone is 3. The Morgan fingerprint density at radius 2 is 1.50 bits per heavy atom. The van der Waals surface area contributed by atoms with E-state index in [1.54, 1.807) is 24.3 Å². The summed E-state index contributed by atoms with van der Waals surface area (Å²) in [7, 11) is 0. The number of hydrogen-bond donors (Lipinski definition) is 0. The van der Waals surface area contributed by atoms with Crippen LogP contribution in [0.15, 0.2) is 73.3 Å². The standard InChI is InChI=1S/C40H47F3O/c1-3-5-7-9-28-10-12-29(13-11-28)30-14-18-32(19-15-30)35-23-22-34(27-37(35)41)31-16-20-33(21-17-31)36-24-25-38(40(43)39(36)42)44-26-8-6-4-2/h4,16-18,20-25,27-30H,2-3,5-15,19,26H2,1H3. The highest BCUT2D eigenvalue weighted by atomic mass is 19.2. The normalized spacial score (nSPS) is 20.3. The summed E-state index contributed by atoms with van der Waals surface area (Å²) in [6, 6.07) is 15.6. The van der Waals surface area contributed by atoms with Gasteiger partial charge in [-0.15, -0.1) is 6.58 Å². The van der Waals surface area contributed by atoms with Crippen LogP contribution in [0, 0.1) is 35.2 Å². The summed E-state index contributed by atoms with van der Waals surface area (Å²) in [5, 5.41) is 0. The Bertz CT molecular complexity index is 1420. The lowest BCUT2D eigenvalue weighted by Gasteiger charge is -2.35. The van der Waals surface area contributed by atoms with Crippen LogP contribution in [-0.4, -0.2) is 6.61 Å². The van der Waals surface area contributed by atoms with Crippen molar-refractivity contribution in [3.05, 3.63) is 96.3 Å². The molecule has 0 aliphatic heterocycles. The van der Waals surface area contributed by atoms with Crippen LogP contribution in [0.4, 0.5) is 13.2 Å². The van der Waals surface area contributed by atoms with E-state index in [-0.39, 0.29) is 17.1 Å². The average molecular weight is 601 g/mol. The minimum absolute atomic E-state index is 0.0913. The molecule has 0 saturated heterocycles. The summed E-state index contributed by atoms with van der Waals surface area (Å²) >= 11 is 0. The molecule has 0 N–H and O–H groups in total. The molecule has 1 nitrogen and oxygen atoms in total. The minimum Gasteiger partial charge on any atom is -0.490 e. The van der Waals surface area contributed by atoms with Gasteiger partial charge in [-0.1, -0.05) is 94.0 Å². The van der Waals surface area contributed by atoms with E-state index in [9.17, 15) is 8.78 Å². The van der Waals surface area contributed by atoms with E-state index in [0.717, 1.165) is 60.1 Å².